The van der Waals surface area contributed by atoms with Gasteiger partial charge in [0, 0.05) is 16.1 Å². The third-order valence-electron chi connectivity index (χ3n) is 2.03. The van der Waals surface area contributed by atoms with Crippen molar-refractivity contribution in [2.45, 2.75) is 0 Å². The second-order valence-electron chi connectivity index (χ2n) is 3.29. The summed E-state index contributed by atoms with van der Waals surface area (Å²) in [6.45, 7) is 0. The fourth-order valence-electron chi connectivity index (χ4n) is 1.25. The summed E-state index contributed by atoms with van der Waals surface area (Å²) in [5.41, 5.74) is 0. The zero-order valence-electron chi connectivity index (χ0n) is 9.16. The first-order valence-electron chi connectivity index (χ1n) is 4.67. The first kappa shape index (κ1) is 15.7. The Bertz CT molecular complexity index is 512. The summed E-state index contributed by atoms with van der Waals surface area (Å²) in [5, 5.41) is 10.9. The monoisotopic (exact) mass is 312 g/mol. The summed E-state index contributed by atoms with van der Waals surface area (Å²) in [6.07, 6.45) is 0. The van der Waals surface area contributed by atoms with Crippen molar-refractivity contribution in [3.63, 3.8) is 0 Å². The Morgan fingerprint density at radius 1 is 0.833 bits per heavy atom. The van der Waals surface area contributed by atoms with Crippen molar-refractivity contribution in [1.82, 2.24) is 0 Å². The Morgan fingerprint density at radius 3 is 1.94 bits per heavy atom. The second kappa shape index (κ2) is 6.73. The zero-order chi connectivity index (χ0) is 12.4. The number of halogens is 3. The first-order chi connectivity index (χ1) is 8.06. The third-order valence-corrected chi connectivity index (χ3v) is 2.80. The average molecular weight is 314 g/mol. The Hall–Kier alpha value is -0.324. The van der Waals surface area contributed by atoms with Gasteiger partial charge in [0.05, 0.1) is 5.02 Å². The van der Waals surface area contributed by atoms with Crippen LogP contribution in [0.5, 0.6) is 17.2 Å². The number of hydrogen-bond acceptors (Lipinski definition) is 2. The van der Waals surface area contributed by atoms with Crippen LogP contribution in [0.3, 0.4) is 0 Å². The molecule has 0 spiro atoms. The third kappa shape index (κ3) is 3.83. The maximum Gasteiger partial charge on any atom is 2.00 e. The van der Waals surface area contributed by atoms with Crippen LogP contribution >= 0.6 is 34.8 Å². The van der Waals surface area contributed by atoms with E-state index in [9.17, 15) is 5.11 Å². The molecule has 2 nitrogen and oxygen atoms in total. The summed E-state index contributed by atoms with van der Waals surface area (Å²) >= 11 is 17.4. The molecule has 0 saturated carbocycles. The molecule has 88 valence electrons. The first-order valence-corrected chi connectivity index (χ1v) is 5.81. The van der Waals surface area contributed by atoms with Gasteiger partial charge in [-0.3, -0.25) is 0 Å². The molecule has 6 heteroatoms. The molecule has 0 unspecified atom stereocenters. The van der Waals surface area contributed by atoms with Crippen molar-refractivity contribution in [2.24, 2.45) is 0 Å². The van der Waals surface area contributed by atoms with E-state index in [4.69, 9.17) is 39.5 Å². The maximum absolute atomic E-state index is 9.62. The number of phenolic OH excluding ortho intramolecular Hbond substituents is 1. The standard InChI is InChI=1S/C12H7Cl3O2.Mg/c13-7-1-3-11(9(15)5-7)17-12-4-2-8(14)6-10(12)16;/h1-6,16H;/q;+2. The number of hydrogen-bond donors (Lipinski definition) is 1. The minimum Gasteiger partial charge on any atom is -0.504 e. The number of phenols is 1. The molecular formula is C12H7Cl3MgO2+2. The quantitative estimate of drug-likeness (QED) is 0.810. The summed E-state index contributed by atoms with van der Waals surface area (Å²) in [4.78, 5) is 0. The number of rotatable bonds is 2. The van der Waals surface area contributed by atoms with Crippen LogP contribution < -0.4 is 4.74 Å². The van der Waals surface area contributed by atoms with E-state index in [1.165, 1.54) is 6.07 Å². The summed E-state index contributed by atoms with van der Waals surface area (Å²) < 4.78 is 5.45. The molecule has 2 aromatic rings. The fourth-order valence-corrected chi connectivity index (χ4v) is 1.87. The van der Waals surface area contributed by atoms with Gasteiger partial charge in [-0.1, -0.05) is 34.8 Å². The summed E-state index contributed by atoms with van der Waals surface area (Å²) in [5.74, 6) is 0.635. The molecule has 2 aromatic carbocycles. The minimum atomic E-state index is -0.0523. The minimum absolute atomic E-state index is 0. The Morgan fingerprint density at radius 2 is 1.39 bits per heavy atom. The molecule has 0 aromatic heterocycles. The van der Waals surface area contributed by atoms with Gasteiger partial charge in [0.15, 0.2) is 11.5 Å². The molecular weight excluding hydrogens is 307 g/mol. The van der Waals surface area contributed by atoms with E-state index in [0.29, 0.717) is 20.8 Å². The molecule has 0 radical (unpaired) electrons. The van der Waals surface area contributed by atoms with E-state index in [-0.39, 0.29) is 34.6 Å². The second-order valence-corrected chi connectivity index (χ2v) is 4.57. The van der Waals surface area contributed by atoms with Gasteiger partial charge in [-0.2, -0.15) is 0 Å². The van der Waals surface area contributed by atoms with Crippen LogP contribution in [0.25, 0.3) is 0 Å². The molecule has 0 saturated heterocycles. The van der Waals surface area contributed by atoms with E-state index < -0.39 is 0 Å². The van der Waals surface area contributed by atoms with Gasteiger partial charge in [0.2, 0.25) is 0 Å². The SMILES string of the molecule is Oc1cc(Cl)ccc1Oc1ccc(Cl)cc1Cl.[Mg+2]. The zero-order valence-corrected chi connectivity index (χ0v) is 12.8. The number of benzene rings is 2. The van der Waals surface area contributed by atoms with Crippen LogP contribution in [0.1, 0.15) is 0 Å². The number of aromatic hydroxyl groups is 1. The van der Waals surface area contributed by atoms with Gasteiger partial charge in [0.1, 0.15) is 5.75 Å². The summed E-state index contributed by atoms with van der Waals surface area (Å²) in [7, 11) is 0. The van der Waals surface area contributed by atoms with E-state index in [1.807, 2.05) is 0 Å². The molecule has 0 aliphatic heterocycles. The van der Waals surface area contributed by atoms with E-state index in [1.54, 1.807) is 30.3 Å². The van der Waals surface area contributed by atoms with Crippen LogP contribution in [0.4, 0.5) is 0 Å². The van der Waals surface area contributed by atoms with Crippen molar-refractivity contribution in [3.8, 4) is 17.2 Å². The normalized spacial score (nSPS) is 9.72. The summed E-state index contributed by atoms with van der Waals surface area (Å²) in [6, 6.07) is 9.39. The van der Waals surface area contributed by atoms with E-state index >= 15 is 0 Å². The van der Waals surface area contributed by atoms with Crippen molar-refractivity contribution in [3.05, 3.63) is 51.5 Å². The van der Waals surface area contributed by atoms with Gasteiger partial charge >= 0.3 is 23.1 Å². The van der Waals surface area contributed by atoms with Gasteiger partial charge in [-0.15, -0.1) is 0 Å². The molecule has 0 heterocycles. The van der Waals surface area contributed by atoms with Crippen molar-refractivity contribution in [1.29, 1.82) is 0 Å². The van der Waals surface area contributed by atoms with Crippen molar-refractivity contribution in [2.75, 3.05) is 0 Å². The average Bonchev–Trinajstić information content (AvgIpc) is 2.25. The van der Waals surface area contributed by atoms with Crippen LogP contribution in [-0.2, 0) is 0 Å². The molecule has 0 aliphatic rings. The molecule has 2 rings (SSSR count). The van der Waals surface area contributed by atoms with Crippen molar-refractivity contribution < 1.29 is 9.84 Å². The molecule has 0 bridgehead atoms. The van der Waals surface area contributed by atoms with Crippen LogP contribution in [0.15, 0.2) is 36.4 Å². The fraction of sp³-hybridized carbons (Fsp3) is 0. The Balaban J connectivity index is 0.00000162. The van der Waals surface area contributed by atoms with E-state index in [2.05, 4.69) is 0 Å². The van der Waals surface area contributed by atoms with Gasteiger partial charge in [-0.25, -0.2) is 0 Å². The largest absolute Gasteiger partial charge is 2.00 e. The predicted molar refractivity (Wildman–Crippen MR) is 75.4 cm³/mol. The topological polar surface area (TPSA) is 29.5 Å². The van der Waals surface area contributed by atoms with Crippen LogP contribution in [0.2, 0.25) is 15.1 Å². The molecule has 0 aliphatic carbocycles. The van der Waals surface area contributed by atoms with Gasteiger partial charge < -0.3 is 9.84 Å². The van der Waals surface area contributed by atoms with Crippen molar-refractivity contribution >= 4 is 57.9 Å². The number of ether oxygens (including phenoxy) is 1. The predicted octanol–water partition coefficient (Wildman–Crippen LogP) is 4.76. The van der Waals surface area contributed by atoms with E-state index in [0.717, 1.165) is 0 Å². The maximum atomic E-state index is 9.62. The van der Waals surface area contributed by atoms with Crippen LogP contribution in [0, 0.1) is 0 Å². The Labute approximate surface area is 136 Å². The Kier molecular flexibility index (Phi) is 5.88. The molecule has 1 N–H and O–H groups in total. The van der Waals surface area contributed by atoms with Crippen LogP contribution in [-0.4, -0.2) is 28.2 Å². The molecule has 0 amide bonds. The van der Waals surface area contributed by atoms with Gasteiger partial charge in [0.25, 0.3) is 0 Å². The van der Waals surface area contributed by atoms with Gasteiger partial charge in [-0.05, 0) is 30.3 Å². The molecule has 0 fully saturated rings. The smallest absolute Gasteiger partial charge is 0.504 e. The molecule has 18 heavy (non-hydrogen) atoms. The molecule has 0 atom stereocenters.